The highest BCUT2D eigenvalue weighted by atomic mass is 31.2. The molecule has 34 heavy (non-hydrogen) atoms. The first-order valence-electron chi connectivity index (χ1n) is 10.7. The summed E-state index contributed by atoms with van der Waals surface area (Å²) in [4.78, 5) is 14.4. The Morgan fingerprint density at radius 2 is 1.44 bits per heavy atom. The van der Waals surface area contributed by atoms with Gasteiger partial charge in [-0.3, -0.25) is 9.36 Å². The molecule has 5 nitrogen and oxygen atoms in total. The van der Waals surface area contributed by atoms with Crippen molar-refractivity contribution >= 4 is 19.2 Å². The zero-order valence-corrected chi connectivity index (χ0v) is 19.7. The van der Waals surface area contributed by atoms with Crippen LogP contribution >= 0.6 is 7.60 Å². The molecule has 0 heterocycles. The van der Waals surface area contributed by atoms with Gasteiger partial charge in [-0.25, -0.2) is 13.2 Å². The fourth-order valence-electron chi connectivity index (χ4n) is 3.41. The molecule has 3 aromatic carbocycles. The van der Waals surface area contributed by atoms with Crippen LogP contribution in [0, 0.1) is 17.5 Å². The van der Waals surface area contributed by atoms with Gasteiger partial charge in [-0.15, -0.1) is 0 Å². The maximum atomic E-state index is 14.6. The lowest BCUT2D eigenvalue weighted by molar-refractivity contribution is 0.0984. The van der Waals surface area contributed by atoms with Gasteiger partial charge in [0.15, 0.2) is 17.5 Å². The van der Waals surface area contributed by atoms with E-state index in [1.165, 1.54) is 12.1 Å². The number of benzene rings is 3. The van der Waals surface area contributed by atoms with E-state index in [-0.39, 0.29) is 37.2 Å². The maximum Gasteiger partial charge on any atom is 0.335 e. The number of carbonyl (C=O) groups excluding carboxylic acids is 1. The summed E-state index contributed by atoms with van der Waals surface area (Å²) >= 11 is 0. The molecule has 0 fully saturated rings. The van der Waals surface area contributed by atoms with Crippen LogP contribution in [0.25, 0.3) is 0 Å². The van der Waals surface area contributed by atoms with E-state index in [0.29, 0.717) is 11.1 Å². The molecule has 0 aliphatic rings. The number of halogens is 3. The van der Waals surface area contributed by atoms with Crippen LogP contribution in [-0.4, -0.2) is 19.1 Å². The molecule has 0 aliphatic heterocycles. The summed E-state index contributed by atoms with van der Waals surface area (Å²) in [6.07, 6.45) is 0.0225. The van der Waals surface area contributed by atoms with Crippen molar-refractivity contribution in [3.05, 3.63) is 101 Å². The van der Waals surface area contributed by atoms with Crippen LogP contribution in [0.1, 0.15) is 35.3 Å². The number of anilines is 1. The number of carbonyl (C=O) groups is 1. The summed E-state index contributed by atoms with van der Waals surface area (Å²) in [5.41, 5.74) is 1.10. The molecule has 0 aliphatic carbocycles. The Kier molecular flexibility index (Phi) is 8.67. The summed E-state index contributed by atoms with van der Waals surface area (Å²) in [6.45, 7) is 3.82. The third kappa shape index (κ3) is 6.14. The Morgan fingerprint density at radius 1 is 0.824 bits per heavy atom. The molecule has 3 rings (SSSR count). The quantitative estimate of drug-likeness (QED) is 0.234. The molecule has 1 amide bonds. The Bertz CT molecular complexity index is 1160. The lowest BCUT2D eigenvalue weighted by Gasteiger charge is -2.24. The van der Waals surface area contributed by atoms with Gasteiger partial charge in [0.1, 0.15) is 0 Å². The van der Waals surface area contributed by atoms with E-state index in [1.54, 1.807) is 56.3 Å². The minimum Gasteiger partial charge on any atom is -0.309 e. The highest BCUT2D eigenvalue weighted by molar-refractivity contribution is 7.53. The van der Waals surface area contributed by atoms with Gasteiger partial charge >= 0.3 is 7.60 Å². The number of rotatable bonds is 10. The Balaban J connectivity index is 1.92. The number of hydrogen-bond acceptors (Lipinski definition) is 4. The van der Waals surface area contributed by atoms with Crippen molar-refractivity contribution in [1.29, 1.82) is 0 Å². The molecule has 3 aromatic rings. The van der Waals surface area contributed by atoms with Gasteiger partial charge in [0.2, 0.25) is 0 Å². The molecule has 180 valence electrons. The summed E-state index contributed by atoms with van der Waals surface area (Å²) in [5, 5.41) is 0. The smallest absolute Gasteiger partial charge is 0.309 e. The van der Waals surface area contributed by atoms with Crippen molar-refractivity contribution in [3.63, 3.8) is 0 Å². The number of hydrogen-bond donors (Lipinski definition) is 0. The molecule has 0 saturated heterocycles. The van der Waals surface area contributed by atoms with E-state index in [1.807, 2.05) is 0 Å². The predicted molar refractivity (Wildman–Crippen MR) is 124 cm³/mol. The fourth-order valence-corrected chi connectivity index (χ4v) is 5.11. The average molecular weight is 491 g/mol. The van der Waals surface area contributed by atoms with Crippen LogP contribution in [0.4, 0.5) is 18.9 Å². The second-order valence-electron chi connectivity index (χ2n) is 7.37. The van der Waals surface area contributed by atoms with E-state index in [4.69, 9.17) is 9.05 Å². The standard InChI is InChI=1S/C25H25F3NO4P/c1-3-32-34(31,33-4-2)17-19-10-12-20(13-11-19)25(30)29(16-18-8-6-5-7-9-18)22-15-14-21(26)23(27)24(22)28/h5-15H,3-4,16-17H2,1-2H3. The topological polar surface area (TPSA) is 55.8 Å². The van der Waals surface area contributed by atoms with E-state index in [2.05, 4.69) is 0 Å². The predicted octanol–water partition coefficient (Wildman–Crippen LogP) is 6.72. The third-order valence-corrected chi connectivity index (χ3v) is 7.02. The van der Waals surface area contributed by atoms with E-state index >= 15 is 0 Å². The largest absolute Gasteiger partial charge is 0.335 e. The molecule has 0 spiro atoms. The first-order chi connectivity index (χ1) is 16.3. The van der Waals surface area contributed by atoms with Gasteiger partial charge in [0.25, 0.3) is 5.91 Å². The lowest BCUT2D eigenvalue weighted by atomic mass is 10.1. The molecular formula is C25H25F3NO4P. The van der Waals surface area contributed by atoms with Crippen molar-refractivity contribution in [2.24, 2.45) is 0 Å². The van der Waals surface area contributed by atoms with E-state index in [0.717, 1.165) is 17.0 Å². The van der Waals surface area contributed by atoms with Crippen LogP contribution in [-0.2, 0) is 26.3 Å². The van der Waals surface area contributed by atoms with Crippen molar-refractivity contribution in [3.8, 4) is 0 Å². The van der Waals surface area contributed by atoms with Gasteiger partial charge in [0.05, 0.1) is 31.6 Å². The molecule has 0 saturated carbocycles. The highest BCUT2D eigenvalue weighted by Gasteiger charge is 2.26. The zero-order chi connectivity index (χ0) is 24.7. The van der Waals surface area contributed by atoms with Crippen molar-refractivity contribution in [1.82, 2.24) is 0 Å². The van der Waals surface area contributed by atoms with Gasteiger partial charge in [-0.2, -0.15) is 0 Å². The zero-order valence-electron chi connectivity index (χ0n) is 18.8. The second kappa shape index (κ2) is 11.5. The maximum absolute atomic E-state index is 14.6. The lowest BCUT2D eigenvalue weighted by Crippen LogP contribution is -2.31. The van der Waals surface area contributed by atoms with Crippen LogP contribution < -0.4 is 4.90 Å². The molecule has 9 heteroatoms. The summed E-state index contributed by atoms with van der Waals surface area (Å²) in [6, 6.07) is 16.8. The minimum atomic E-state index is -3.33. The van der Waals surface area contributed by atoms with E-state index < -0.39 is 31.0 Å². The van der Waals surface area contributed by atoms with Crippen LogP contribution in [0.2, 0.25) is 0 Å². The molecule has 0 unspecified atom stereocenters. The third-order valence-electron chi connectivity index (χ3n) is 4.96. The van der Waals surface area contributed by atoms with Gasteiger partial charge in [-0.1, -0.05) is 42.5 Å². The summed E-state index contributed by atoms with van der Waals surface area (Å²) in [5.74, 6) is -5.06. The second-order valence-corrected chi connectivity index (χ2v) is 9.43. The first kappa shape index (κ1) is 25.7. The fraction of sp³-hybridized carbons (Fsp3) is 0.240. The Hall–Kier alpha value is -2.93. The monoisotopic (exact) mass is 491 g/mol. The van der Waals surface area contributed by atoms with Crippen LogP contribution in [0.15, 0.2) is 66.7 Å². The molecule has 0 N–H and O–H groups in total. The summed E-state index contributed by atoms with van der Waals surface area (Å²) < 4.78 is 65.4. The summed E-state index contributed by atoms with van der Waals surface area (Å²) in [7, 11) is -3.33. The highest BCUT2D eigenvalue weighted by Crippen LogP contribution is 2.51. The molecule has 0 radical (unpaired) electrons. The average Bonchev–Trinajstić information content (AvgIpc) is 2.82. The van der Waals surface area contributed by atoms with Crippen molar-refractivity contribution in [2.75, 3.05) is 18.1 Å². The Morgan fingerprint density at radius 3 is 2.03 bits per heavy atom. The van der Waals surface area contributed by atoms with E-state index in [9.17, 15) is 22.5 Å². The molecule has 0 bridgehead atoms. The van der Waals surface area contributed by atoms with Crippen molar-refractivity contribution in [2.45, 2.75) is 26.6 Å². The SMILES string of the molecule is CCOP(=O)(Cc1ccc(C(=O)N(Cc2ccccc2)c2ccc(F)c(F)c2F)cc1)OCC. The van der Waals surface area contributed by atoms with Crippen LogP contribution in [0.5, 0.6) is 0 Å². The molecular weight excluding hydrogens is 466 g/mol. The molecule has 0 aromatic heterocycles. The number of nitrogens with zero attached hydrogens (tertiary/aromatic N) is 1. The van der Waals surface area contributed by atoms with Gasteiger partial charge in [0, 0.05) is 5.56 Å². The Labute approximate surface area is 196 Å². The number of amides is 1. The normalized spacial score (nSPS) is 11.4. The molecule has 0 atom stereocenters. The van der Waals surface area contributed by atoms with Gasteiger partial charge in [-0.05, 0) is 49.2 Å². The van der Waals surface area contributed by atoms with Gasteiger partial charge < -0.3 is 13.9 Å². The first-order valence-corrected chi connectivity index (χ1v) is 12.5. The van der Waals surface area contributed by atoms with Crippen molar-refractivity contribution < 1.29 is 31.6 Å². The van der Waals surface area contributed by atoms with Crippen LogP contribution in [0.3, 0.4) is 0 Å². The minimum absolute atomic E-state index is 0.0225.